The van der Waals surface area contributed by atoms with Gasteiger partial charge in [-0.25, -0.2) is 9.37 Å². The average Bonchev–Trinajstić information content (AvgIpc) is 2.39. The molecule has 0 fully saturated rings. The normalized spacial score (nSPS) is 9.83. The summed E-state index contributed by atoms with van der Waals surface area (Å²) in [5.41, 5.74) is 0.716. The van der Waals surface area contributed by atoms with Crippen LogP contribution in [-0.4, -0.2) is 4.98 Å². The summed E-state index contributed by atoms with van der Waals surface area (Å²) >= 11 is 5.64. The Balaban J connectivity index is 2.06. The second-order valence-electron chi connectivity index (χ2n) is 3.53. The molecule has 0 N–H and O–H groups in total. The van der Waals surface area contributed by atoms with Gasteiger partial charge in [-0.2, -0.15) is 5.26 Å². The molecule has 0 aliphatic carbocycles. The van der Waals surface area contributed by atoms with Gasteiger partial charge in [-0.1, -0.05) is 17.7 Å². The van der Waals surface area contributed by atoms with Crippen LogP contribution in [0.1, 0.15) is 11.1 Å². The van der Waals surface area contributed by atoms with Crippen LogP contribution in [0, 0.1) is 17.1 Å². The van der Waals surface area contributed by atoms with Gasteiger partial charge in [0.2, 0.25) is 0 Å². The molecule has 18 heavy (non-hydrogen) atoms. The van der Waals surface area contributed by atoms with E-state index in [0.29, 0.717) is 16.5 Å². The molecule has 1 aromatic carbocycles. The van der Waals surface area contributed by atoms with Crippen molar-refractivity contribution in [3.05, 3.63) is 58.6 Å². The van der Waals surface area contributed by atoms with Crippen molar-refractivity contribution in [1.29, 1.82) is 5.26 Å². The Labute approximate surface area is 108 Å². The minimum Gasteiger partial charge on any atom is -0.487 e. The molecule has 0 saturated carbocycles. The molecule has 0 atom stereocenters. The minimum absolute atomic E-state index is 0.00494. The zero-order valence-corrected chi connectivity index (χ0v) is 9.99. The van der Waals surface area contributed by atoms with Crippen molar-refractivity contribution < 1.29 is 9.13 Å². The molecule has 0 aliphatic heterocycles. The lowest BCUT2D eigenvalue weighted by molar-refractivity contribution is 0.305. The van der Waals surface area contributed by atoms with Gasteiger partial charge in [0.25, 0.3) is 0 Å². The fraction of sp³-hybridized carbons (Fsp3) is 0.0769. The highest BCUT2D eigenvalue weighted by atomic mass is 35.5. The highest BCUT2D eigenvalue weighted by Gasteiger charge is 2.03. The smallest absolute Gasteiger partial charge is 0.140 e. The number of ether oxygens (including phenoxy) is 1. The van der Waals surface area contributed by atoms with Gasteiger partial charge in [0.1, 0.15) is 29.4 Å². The third-order valence-electron chi connectivity index (χ3n) is 2.26. The summed E-state index contributed by atoms with van der Waals surface area (Å²) in [4.78, 5) is 3.87. The summed E-state index contributed by atoms with van der Waals surface area (Å²) in [6.07, 6.45) is 1.50. The van der Waals surface area contributed by atoms with E-state index in [1.165, 1.54) is 18.3 Å². The Morgan fingerprint density at radius 1 is 1.33 bits per heavy atom. The van der Waals surface area contributed by atoms with Crippen LogP contribution in [0.2, 0.25) is 5.15 Å². The van der Waals surface area contributed by atoms with Crippen LogP contribution < -0.4 is 4.74 Å². The molecule has 0 unspecified atom stereocenters. The van der Waals surface area contributed by atoms with Crippen molar-refractivity contribution in [3.8, 4) is 11.8 Å². The fourth-order valence-corrected chi connectivity index (χ4v) is 1.47. The third-order valence-corrected chi connectivity index (χ3v) is 2.48. The standard InChI is InChI=1S/C13H8ClFN2O/c14-13-4-2-11(7-17-13)18-8-9-1-3-12(15)10(5-9)6-16/h1-5,7H,8H2. The van der Waals surface area contributed by atoms with E-state index >= 15 is 0 Å². The number of hydrogen-bond donors (Lipinski definition) is 0. The lowest BCUT2D eigenvalue weighted by atomic mass is 10.1. The first-order valence-electron chi connectivity index (χ1n) is 5.12. The van der Waals surface area contributed by atoms with E-state index in [9.17, 15) is 4.39 Å². The van der Waals surface area contributed by atoms with Gasteiger partial charge in [-0.3, -0.25) is 0 Å². The number of halogens is 2. The summed E-state index contributed by atoms with van der Waals surface area (Å²) in [6.45, 7) is 0.234. The molecule has 0 aliphatic rings. The van der Waals surface area contributed by atoms with Crippen LogP contribution in [0.25, 0.3) is 0 Å². The predicted molar refractivity (Wildman–Crippen MR) is 64.7 cm³/mol. The lowest BCUT2D eigenvalue weighted by Crippen LogP contribution is -1.97. The van der Waals surface area contributed by atoms with E-state index < -0.39 is 5.82 Å². The topological polar surface area (TPSA) is 45.9 Å². The number of aromatic nitrogens is 1. The van der Waals surface area contributed by atoms with Gasteiger partial charge in [0.05, 0.1) is 11.8 Å². The van der Waals surface area contributed by atoms with Crippen LogP contribution in [0.4, 0.5) is 4.39 Å². The summed E-state index contributed by atoms with van der Waals surface area (Å²) in [6, 6.07) is 9.35. The van der Waals surface area contributed by atoms with Crippen LogP contribution in [-0.2, 0) is 6.61 Å². The molecular formula is C13H8ClFN2O. The second-order valence-corrected chi connectivity index (χ2v) is 3.92. The quantitative estimate of drug-likeness (QED) is 0.797. The van der Waals surface area contributed by atoms with E-state index in [1.54, 1.807) is 24.3 Å². The summed E-state index contributed by atoms with van der Waals surface area (Å²) in [5.74, 6) is 0.0247. The van der Waals surface area contributed by atoms with E-state index in [1.807, 2.05) is 0 Å². The molecular weight excluding hydrogens is 255 g/mol. The van der Waals surface area contributed by atoms with Crippen LogP contribution in [0.3, 0.4) is 0 Å². The molecule has 2 rings (SSSR count). The highest BCUT2D eigenvalue weighted by Crippen LogP contribution is 2.15. The van der Waals surface area contributed by atoms with Gasteiger partial charge in [0, 0.05) is 0 Å². The third kappa shape index (κ3) is 2.96. The van der Waals surface area contributed by atoms with Crippen LogP contribution in [0.15, 0.2) is 36.5 Å². The second kappa shape index (κ2) is 5.48. The van der Waals surface area contributed by atoms with E-state index in [4.69, 9.17) is 21.6 Å². The van der Waals surface area contributed by atoms with Gasteiger partial charge in [-0.15, -0.1) is 0 Å². The first-order valence-corrected chi connectivity index (χ1v) is 5.50. The van der Waals surface area contributed by atoms with E-state index in [2.05, 4.69) is 4.98 Å². The Morgan fingerprint density at radius 2 is 2.17 bits per heavy atom. The van der Waals surface area contributed by atoms with Crippen molar-refractivity contribution in [2.45, 2.75) is 6.61 Å². The minimum atomic E-state index is -0.533. The summed E-state index contributed by atoms with van der Waals surface area (Å²) in [7, 11) is 0. The van der Waals surface area contributed by atoms with Crippen molar-refractivity contribution in [2.24, 2.45) is 0 Å². The Bertz CT molecular complexity index is 593. The van der Waals surface area contributed by atoms with Crippen molar-refractivity contribution in [3.63, 3.8) is 0 Å². The maximum absolute atomic E-state index is 13.1. The number of hydrogen-bond acceptors (Lipinski definition) is 3. The van der Waals surface area contributed by atoms with Crippen LogP contribution >= 0.6 is 11.6 Å². The molecule has 90 valence electrons. The average molecular weight is 263 g/mol. The molecule has 0 amide bonds. The van der Waals surface area contributed by atoms with Gasteiger partial charge < -0.3 is 4.74 Å². The molecule has 0 radical (unpaired) electrons. The largest absolute Gasteiger partial charge is 0.487 e. The predicted octanol–water partition coefficient (Wildman–Crippen LogP) is 3.32. The summed E-state index contributed by atoms with van der Waals surface area (Å²) < 4.78 is 18.5. The molecule has 0 spiro atoms. The molecule has 1 heterocycles. The monoisotopic (exact) mass is 262 g/mol. The zero-order valence-electron chi connectivity index (χ0n) is 9.23. The number of nitriles is 1. The Kier molecular flexibility index (Phi) is 3.75. The van der Waals surface area contributed by atoms with Crippen molar-refractivity contribution in [2.75, 3.05) is 0 Å². The van der Waals surface area contributed by atoms with Gasteiger partial charge in [-0.05, 0) is 29.8 Å². The molecule has 3 nitrogen and oxygen atoms in total. The lowest BCUT2D eigenvalue weighted by Gasteiger charge is -2.06. The summed E-state index contributed by atoms with van der Waals surface area (Å²) in [5, 5.41) is 9.09. The first-order chi connectivity index (χ1) is 8.69. The maximum Gasteiger partial charge on any atom is 0.140 e. The Morgan fingerprint density at radius 3 is 2.83 bits per heavy atom. The number of pyridine rings is 1. The van der Waals surface area contributed by atoms with E-state index in [-0.39, 0.29) is 12.2 Å². The number of benzene rings is 1. The first kappa shape index (κ1) is 12.3. The Hall–Kier alpha value is -2.12. The van der Waals surface area contributed by atoms with E-state index in [0.717, 1.165) is 0 Å². The molecule has 2 aromatic rings. The number of nitrogens with zero attached hydrogens (tertiary/aromatic N) is 2. The van der Waals surface area contributed by atoms with Crippen LogP contribution in [0.5, 0.6) is 5.75 Å². The molecule has 1 aromatic heterocycles. The molecule has 0 bridgehead atoms. The SMILES string of the molecule is N#Cc1cc(COc2ccc(Cl)nc2)ccc1F. The number of rotatable bonds is 3. The molecule has 0 saturated heterocycles. The zero-order chi connectivity index (χ0) is 13.0. The fourth-order valence-electron chi connectivity index (χ4n) is 1.36. The van der Waals surface area contributed by atoms with Gasteiger partial charge in [0.15, 0.2) is 0 Å². The van der Waals surface area contributed by atoms with Crippen molar-refractivity contribution >= 4 is 11.6 Å². The van der Waals surface area contributed by atoms with Crippen molar-refractivity contribution in [1.82, 2.24) is 4.98 Å². The maximum atomic E-state index is 13.1. The highest BCUT2D eigenvalue weighted by molar-refractivity contribution is 6.29. The molecule has 5 heteroatoms. The van der Waals surface area contributed by atoms with Gasteiger partial charge >= 0.3 is 0 Å².